The number of aromatic nitrogens is 2. The normalized spacial score (nSPS) is 18.4. The molecule has 0 aromatic carbocycles. The van der Waals surface area contributed by atoms with E-state index in [0.29, 0.717) is 19.4 Å². The Balaban J connectivity index is 2.14. The summed E-state index contributed by atoms with van der Waals surface area (Å²) < 4.78 is 7.75. The first-order valence-electron chi connectivity index (χ1n) is 7.18. The van der Waals surface area contributed by atoms with Crippen LogP contribution >= 0.6 is 0 Å². The van der Waals surface area contributed by atoms with Crippen LogP contribution in [0.1, 0.15) is 31.0 Å². The Morgan fingerprint density at radius 2 is 2.20 bits per heavy atom. The molecule has 0 atom stereocenters. The van der Waals surface area contributed by atoms with E-state index in [1.54, 1.807) is 0 Å². The molecule has 2 N–H and O–H groups in total. The number of imidazole rings is 1. The fourth-order valence-corrected chi connectivity index (χ4v) is 2.86. The first-order valence-corrected chi connectivity index (χ1v) is 7.18. The zero-order valence-electron chi connectivity index (χ0n) is 12.0. The summed E-state index contributed by atoms with van der Waals surface area (Å²) in [5.41, 5.74) is 1.96. The fraction of sp³-hybridized carbons (Fsp3) is 0.533. The van der Waals surface area contributed by atoms with Gasteiger partial charge in [-0.2, -0.15) is 0 Å². The smallest absolute Gasteiger partial charge is 0.140 e. The maximum Gasteiger partial charge on any atom is 0.140 e. The molecule has 108 valence electrons. The molecule has 5 heteroatoms. The van der Waals surface area contributed by atoms with Gasteiger partial charge in [0.05, 0.1) is 12.2 Å². The second-order valence-corrected chi connectivity index (χ2v) is 5.39. The van der Waals surface area contributed by atoms with Crippen molar-refractivity contribution < 1.29 is 9.84 Å². The average molecular weight is 275 g/mol. The van der Waals surface area contributed by atoms with Crippen LogP contribution < -0.4 is 10.1 Å². The highest BCUT2D eigenvalue weighted by molar-refractivity contribution is 5.51. The quantitative estimate of drug-likeness (QED) is 0.893. The van der Waals surface area contributed by atoms with Crippen molar-refractivity contribution in [2.75, 3.05) is 19.7 Å². The van der Waals surface area contributed by atoms with Crippen molar-refractivity contribution in [2.24, 2.45) is 0 Å². The van der Waals surface area contributed by atoms with Gasteiger partial charge in [-0.15, -0.1) is 0 Å². The number of ether oxygens (including phenoxy) is 1. The standard InChI is InChI=1S/C15H21N3O2/c1-3-20-13-8-14-17-9-11(2)18(14)10-12(13)15(19)4-6-16-7-5-15/h8-10,16,19H,3-7H2,1-2H3. The highest BCUT2D eigenvalue weighted by atomic mass is 16.5. The van der Waals surface area contributed by atoms with Crippen molar-refractivity contribution in [2.45, 2.75) is 32.3 Å². The van der Waals surface area contributed by atoms with Gasteiger partial charge >= 0.3 is 0 Å². The lowest BCUT2D eigenvalue weighted by atomic mass is 9.85. The van der Waals surface area contributed by atoms with Crippen molar-refractivity contribution in [1.29, 1.82) is 0 Å². The van der Waals surface area contributed by atoms with Gasteiger partial charge in [0, 0.05) is 29.7 Å². The molecule has 0 spiro atoms. The number of aliphatic hydroxyl groups is 1. The summed E-state index contributed by atoms with van der Waals surface area (Å²) in [7, 11) is 0. The van der Waals surface area contributed by atoms with Crippen LogP contribution in [0.15, 0.2) is 18.5 Å². The van der Waals surface area contributed by atoms with Crippen LogP contribution in [0, 0.1) is 6.92 Å². The Hall–Kier alpha value is -1.59. The van der Waals surface area contributed by atoms with E-state index in [1.165, 1.54) is 0 Å². The molecule has 3 heterocycles. The summed E-state index contributed by atoms with van der Waals surface area (Å²) in [6.45, 7) is 6.19. The molecule has 1 saturated heterocycles. The lowest BCUT2D eigenvalue weighted by Crippen LogP contribution is -2.40. The van der Waals surface area contributed by atoms with Crippen LogP contribution in [0.4, 0.5) is 0 Å². The molecule has 0 aliphatic carbocycles. The molecule has 0 unspecified atom stereocenters. The predicted molar refractivity (Wildman–Crippen MR) is 77.1 cm³/mol. The van der Waals surface area contributed by atoms with Gasteiger partial charge in [-0.3, -0.25) is 0 Å². The van der Waals surface area contributed by atoms with Crippen molar-refractivity contribution >= 4 is 5.65 Å². The Morgan fingerprint density at radius 3 is 2.90 bits per heavy atom. The number of rotatable bonds is 3. The summed E-state index contributed by atoms with van der Waals surface area (Å²) in [6.07, 6.45) is 5.22. The fourth-order valence-electron chi connectivity index (χ4n) is 2.86. The van der Waals surface area contributed by atoms with Crippen molar-refractivity contribution in [1.82, 2.24) is 14.7 Å². The Morgan fingerprint density at radius 1 is 1.45 bits per heavy atom. The molecule has 0 radical (unpaired) electrons. The summed E-state index contributed by atoms with van der Waals surface area (Å²) in [4.78, 5) is 4.36. The number of hydrogen-bond acceptors (Lipinski definition) is 4. The summed E-state index contributed by atoms with van der Waals surface area (Å²) >= 11 is 0. The lowest BCUT2D eigenvalue weighted by molar-refractivity contribution is 0.00317. The molecule has 1 fully saturated rings. The van der Waals surface area contributed by atoms with E-state index < -0.39 is 5.60 Å². The number of hydrogen-bond donors (Lipinski definition) is 2. The van der Waals surface area contributed by atoms with Crippen molar-refractivity contribution in [3.05, 3.63) is 29.7 Å². The van der Waals surface area contributed by atoms with Crippen LogP contribution in [0.3, 0.4) is 0 Å². The van der Waals surface area contributed by atoms with Gasteiger partial charge in [0.25, 0.3) is 0 Å². The molecule has 3 rings (SSSR count). The van der Waals surface area contributed by atoms with Crippen molar-refractivity contribution in [3.63, 3.8) is 0 Å². The second kappa shape index (κ2) is 5.07. The highest BCUT2D eigenvalue weighted by Crippen LogP contribution is 2.37. The van der Waals surface area contributed by atoms with Gasteiger partial charge in [0.1, 0.15) is 11.4 Å². The first-order chi connectivity index (χ1) is 9.64. The zero-order valence-corrected chi connectivity index (χ0v) is 12.0. The third-order valence-corrected chi connectivity index (χ3v) is 4.03. The molecule has 2 aromatic heterocycles. The second-order valence-electron chi connectivity index (χ2n) is 5.39. The summed E-state index contributed by atoms with van der Waals surface area (Å²) in [6, 6.07) is 1.92. The van der Waals surface area contributed by atoms with E-state index in [2.05, 4.69) is 10.3 Å². The van der Waals surface area contributed by atoms with Gasteiger partial charge in [-0.25, -0.2) is 4.98 Å². The van der Waals surface area contributed by atoms with Crippen molar-refractivity contribution in [3.8, 4) is 5.75 Å². The number of nitrogens with zero attached hydrogens (tertiary/aromatic N) is 2. The third kappa shape index (κ3) is 2.17. The molecule has 5 nitrogen and oxygen atoms in total. The van der Waals surface area contributed by atoms with Gasteiger partial charge in [0.2, 0.25) is 0 Å². The zero-order chi connectivity index (χ0) is 14.2. The van der Waals surface area contributed by atoms with Gasteiger partial charge < -0.3 is 19.6 Å². The Bertz CT molecular complexity index is 615. The molecular weight excluding hydrogens is 254 g/mol. The van der Waals surface area contributed by atoms with Crippen LogP contribution in [0.2, 0.25) is 0 Å². The lowest BCUT2D eigenvalue weighted by Gasteiger charge is -2.34. The van der Waals surface area contributed by atoms with Gasteiger partial charge in [0.15, 0.2) is 0 Å². The number of aryl methyl sites for hydroxylation is 1. The monoisotopic (exact) mass is 275 g/mol. The van der Waals surface area contributed by atoms with E-state index in [1.807, 2.05) is 36.7 Å². The molecule has 1 aliphatic heterocycles. The number of fused-ring (bicyclic) bond motifs is 1. The van der Waals surface area contributed by atoms with E-state index in [0.717, 1.165) is 35.7 Å². The predicted octanol–water partition coefficient (Wildman–Crippen LogP) is 1.61. The number of piperidine rings is 1. The van der Waals surface area contributed by atoms with E-state index in [-0.39, 0.29) is 0 Å². The minimum atomic E-state index is -0.819. The molecule has 0 amide bonds. The Kier molecular flexibility index (Phi) is 3.40. The maximum atomic E-state index is 11.0. The van der Waals surface area contributed by atoms with Crippen LogP contribution in [0.25, 0.3) is 5.65 Å². The highest BCUT2D eigenvalue weighted by Gasteiger charge is 2.34. The summed E-state index contributed by atoms with van der Waals surface area (Å²) in [5, 5.41) is 14.3. The topological polar surface area (TPSA) is 58.8 Å². The molecule has 1 aliphatic rings. The molecular formula is C15H21N3O2. The SMILES string of the molecule is CCOc1cc2ncc(C)n2cc1C1(O)CCNCC1. The van der Waals surface area contributed by atoms with Crippen LogP contribution in [0.5, 0.6) is 5.75 Å². The Labute approximate surface area is 118 Å². The van der Waals surface area contributed by atoms with Gasteiger partial charge in [-0.1, -0.05) is 0 Å². The van der Waals surface area contributed by atoms with E-state index >= 15 is 0 Å². The van der Waals surface area contributed by atoms with Crippen LogP contribution in [-0.4, -0.2) is 34.2 Å². The number of pyridine rings is 1. The van der Waals surface area contributed by atoms with E-state index in [4.69, 9.17) is 4.74 Å². The number of nitrogens with one attached hydrogen (secondary N) is 1. The summed E-state index contributed by atoms with van der Waals surface area (Å²) in [5.74, 6) is 0.745. The largest absolute Gasteiger partial charge is 0.493 e. The molecule has 0 bridgehead atoms. The van der Waals surface area contributed by atoms with Crippen LogP contribution in [-0.2, 0) is 5.60 Å². The molecule has 2 aromatic rings. The first kappa shape index (κ1) is 13.4. The maximum absolute atomic E-state index is 11.0. The molecule has 20 heavy (non-hydrogen) atoms. The minimum absolute atomic E-state index is 0.581. The molecule has 0 saturated carbocycles. The minimum Gasteiger partial charge on any atom is -0.493 e. The van der Waals surface area contributed by atoms with E-state index in [9.17, 15) is 5.11 Å². The average Bonchev–Trinajstić information content (AvgIpc) is 2.80. The van der Waals surface area contributed by atoms with Gasteiger partial charge in [-0.05, 0) is 39.8 Å². The third-order valence-electron chi connectivity index (χ3n) is 4.03.